The molecule has 0 bridgehead atoms. The van der Waals surface area contributed by atoms with Gasteiger partial charge in [-0.1, -0.05) is 321 Å². The van der Waals surface area contributed by atoms with Crippen molar-refractivity contribution in [1.82, 2.24) is 5.32 Å². The number of amides is 1. The Morgan fingerprint density at radius 3 is 1.05 bits per heavy atom. The van der Waals surface area contributed by atoms with Gasteiger partial charge in [-0.2, -0.15) is 0 Å². The van der Waals surface area contributed by atoms with E-state index in [2.05, 4.69) is 43.5 Å². The second-order valence-electron chi connectivity index (χ2n) is 22.8. The first-order chi connectivity index (χ1) is 36.0. The fourth-order valence-corrected chi connectivity index (χ4v) is 10.4. The quantitative estimate of drug-likeness (QED) is 0.0320. The highest BCUT2D eigenvalue weighted by atomic mass is 16.5. The van der Waals surface area contributed by atoms with Gasteiger partial charge >= 0.3 is 5.97 Å². The van der Waals surface area contributed by atoms with Gasteiger partial charge in [-0.25, -0.2) is 0 Å². The molecule has 0 aromatic rings. The van der Waals surface area contributed by atoms with Crippen LogP contribution >= 0.6 is 0 Å². The third-order valence-corrected chi connectivity index (χ3v) is 15.5. The lowest BCUT2D eigenvalue weighted by molar-refractivity contribution is -0.143. The van der Waals surface area contributed by atoms with Crippen molar-refractivity contribution in [3.8, 4) is 0 Å². The zero-order valence-electron chi connectivity index (χ0n) is 49.4. The summed E-state index contributed by atoms with van der Waals surface area (Å²) in [5.74, 6) is -0.0244. The van der Waals surface area contributed by atoms with E-state index in [1.54, 1.807) is 0 Å². The van der Waals surface area contributed by atoms with E-state index in [-0.39, 0.29) is 18.5 Å². The first kappa shape index (κ1) is 71.3. The molecule has 0 aromatic carbocycles. The Bertz CT molecular complexity index is 1140. The lowest BCUT2D eigenvalue weighted by atomic mass is 10.0. The Morgan fingerprint density at radius 2 is 0.685 bits per heavy atom. The van der Waals surface area contributed by atoms with Crippen LogP contribution in [-0.2, 0) is 14.3 Å². The summed E-state index contributed by atoms with van der Waals surface area (Å²) < 4.78 is 5.50. The van der Waals surface area contributed by atoms with Gasteiger partial charge in [0.1, 0.15) is 0 Å². The molecule has 6 nitrogen and oxygen atoms in total. The van der Waals surface area contributed by atoms with Crippen molar-refractivity contribution in [2.24, 2.45) is 0 Å². The molecule has 0 aliphatic rings. The van der Waals surface area contributed by atoms with Crippen LogP contribution in [0.3, 0.4) is 0 Å². The molecule has 0 rings (SSSR count). The van der Waals surface area contributed by atoms with Gasteiger partial charge in [0, 0.05) is 12.8 Å². The average molecular weight is 1030 g/mol. The third kappa shape index (κ3) is 59.4. The molecule has 6 heteroatoms. The van der Waals surface area contributed by atoms with Gasteiger partial charge in [0.25, 0.3) is 0 Å². The highest BCUT2D eigenvalue weighted by molar-refractivity contribution is 5.76. The van der Waals surface area contributed by atoms with E-state index >= 15 is 0 Å². The van der Waals surface area contributed by atoms with Crippen molar-refractivity contribution < 1.29 is 24.5 Å². The molecular formula is C67H129NO5. The maximum absolute atomic E-state index is 12.5. The summed E-state index contributed by atoms with van der Waals surface area (Å²) in [6, 6.07) is -0.541. The number of hydrogen-bond acceptors (Lipinski definition) is 5. The van der Waals surface area contributed by atoms with E-state index in [9.17, 15) is 19.8 Å². The number of esters is 1. The molecule has 0 aliphatic heterocycles. The molecule has 0 radical (unpaired) electrons. The van der Waals surface area contributed by atoms with Crippen molar-refractivity contribution in [2.75, 3.05) is 13.2 Å². The molecule has 432 valence electrons. The fraction of sp³-hybridized carbons (Fsp3) is 0.910. The largest absolute Gasteiger partial charge is 0.466 e. The minimum absolute atomic E-state index is 0.00772. The van der Waals surface area contributed by atoms with E-state index in [1.165, 1.54) is 283 Å². The van der Waals surface area contributed by atoms with Gasteiger partial charge in [-0.3, -0.25) is 9.59 Å². The van der Waals surface area contributed by atoms with E-state index in [0.29, 0.717) is 25.9 Å². The predicted octanol–water partition coefficient (Wildman–Crippen LogP) is 21.0. The second-order valence-corrected chi connectivity index (χ2v) is 22.8. The molecule has 2 atom stereocenters. The summed E-state index contributed by atoms with van der Waals surface area (Å²) in [6.45, 7) is 4.96. The van der Waals surface area contributed by atoms with Crippen LogP contribution in [0.15, 0.2) is 24.3 Å². The van der Waals surface area contributed by atoms with Crippen molar-refractivity contribution in [3.05, 3.63) is 24.3 Å². The van der Waals surface area contributed by atoms with Crippen molar-refractivity contribution >= 4 is 11.9 Å². The lowest BCUT2D eigenvalue weighted by Crippen LogP contribution is -2.45. The monoisotopic (exact) mass is 1030 g/mol. The zero-order valence-corrected chi connectivity index (χ0v) is 49.4. The van der Waals surface area contributed by atoms with Gasteiger partial charge in [0.15, 0.2) is 0 Å². The van der Waals surface area contributed by atoms with E-state index in [0.717, 1.165) is 51.4 Å². The predicted molar refractivity (Wildman–Crippen MR) is 320 cm³/mol. The SMILES string of the molecule is CCCCCC/C=C\C/C=C\CCCCCCCCCC(=O)OCCCCCCCCCCCCCCCCCCCCCCCCCC(=O)NC(CO)C(O)CCCCCCCCCCCCCCCCC. The Labute approximate surface area is 456 Å². The van der Waals surface area contributed by atoms with Crippen LogP contribution in [0.25, 0.3) is 0 Å². The number of ether oxygens (including phenoxy) is 1. The van der Waals surface area contributed by atoms with Gasteiger partial charge in [0.05, 0.1) is 25.4 Å². The number of carbonyl (C=O) groups is 2. The zero-order chi connectivity index (χ0) is 52.9. The highest BCUT2D eigenvalue weighted by Gasteiger charge is 2.20. The minimum Gasteiger partial charge on any atom is -0.466 e. The molecule has 0 saturated carbocycles. The van der Waals surface area contributed by atoms with Crippen molar-refractivity contribution in [1.29, 1.82) is 0 Å². The van der Waals surface area contributed by atoms with Crippen molar-refractivity contribution in [2.45, 2.75) is 379 Å². The molecule has 0 saturated heterocycles. The third-order valence-electron chi connectivity index (χ3n) is 15.5. The number of hydrogen-bond donors (Lipinski definition) is 3. The number of rotatable bonds is 62. The summed E-state index contributed by atoms with van der Waals surface area (Å²) in [5, 5.41) is 23.3. The fourth-order valence-electron chi connectivity index (χ4n) is 10.4. The number of unbranched alkanes of at least 4 members (excludes halogenated alkanes) is 47. The molecule has 0 aromatic heterocycles. The summed E-state index contributed by atoms with van der Waals surface area (Å²) in [7, 11) is 0. The maximum Gasteiger partial charge on any atom is 0.305 e. The van der Waals surface area contributed by atoms with Gasteiger partial charge in [0.2, 0.25) is 5.91 Å². The Balaban J connectivity index is 3.36. The van der Waals surface area contributed by atoms with Crippen LogP contribution in [0.1, 0.15) is 367 Å². The molecule has 0 fully saturated rings. The molecule has 0 aliphatic carbocycles. The lowest BCUT2D eigenvalue weighted by Gasteiger charge is -2.22. The first-order valence-electron chi connectivity index (χ1n) is 33.1. The smallest absolute Gasteiger partial charge is 0.305 e. The summed E-state index contributed by atoms with van der Waals surface area (Å²) in [6.07, 6.45) is 77.7. The molecular weight excluding hydrogens is 899 g/mol. The normalized spacial score (nSPS) is 12.7. The van der Waals surface area contributed by atoms with Gasteiger partial charge in [-0.05, 0) is 57.8 Å². The second kappa shape index (κ2) is 62.9. The summed E-state index contributed by atoms with van der Waals surface area (Å²) in [5.41, 5.74) is 0. The van der Waals surface area contributed by atoms with Crippen LogP contribution in [0.2, 0.25) is 0 Å². The van der Waals surface area contributed by atoms with E-state index in [4.69, 9.17) is 4.74 Å². The van der Waals surface area contributed by atoms with Crippen LogP contribution in [0.5, 0.6) is 0 Å². The van der Waals surface area contributed by atoms with Crippen LogP contribution in [0.4, 0.5) is 0 Å². The Hall–Kier alpha value is -1.66. The number of aliphatic hydroxyl groups is 2. The maximum atomic E-state index is 12.5. The average Bonchev–Trinajstić information content (AvgIpc) is 3.39. The van der Waals surface area contributed by atoms with Gasteiger partial charge in [-0.15, -0.1) is 0 Å². The highest BCUT2D eigenvalue weighted by Crippen LogP contribution is 2.18. The number of allylic oxidation sites excluding steroid dienone is 4. The minimum atomic E-state index is -0.664. The van der Waals surface area contributed by atoms with Crippen LogP contribution in [0, 0.1) is 0 Å². The number of aliphatic hydroxyl groups excluding tert-OH is 2. The molecule has 73 heavy (non-hydrogen) atoms. The Kier molecular flexibility index (Phi) is 61.4. The van der Waals surface area contributed by atoms with Crippen molar-refractivity contribution in [3.63, 3.8) is 0 Å². The first-order valence-corrected chi connectivity index (χ1v) is 33.1. The van der Waals surface area contributed by atoms with E-state index < -0.39 is 12.1 Å². The number of nitrogens with one attached hydrogen (secondary N) is 1. The van der Waals surface area contributed by atoms with E-state index in [1.807, 2.05) is 0 Å². The molecule has 2 unspecified atom stereocenters. The summed E-state index contributed by atoms with van der Waals surface area (Å²) in [4.78, 5) is 24.6. The van der Waals surface area contributed by atoms with Gasteiger partial charge < -0.3 is 20.3 Å². The number of carbonyl (C=O) groups excluding carboxylic acids is 2. The molecule has 0 heterocycles. The molecule has 3 N–H and O–H groups in total. The molecule has 1 amide bonds. The topological polar surface area (TPSA) is 95.9 Å². The Morgan fingerprint density at radius 1 is 0.384 bits per heavy atom. The van der Waals surface area contributed by atoms with Crippen LogP contribution in [-0.4, -0.2) is 47.4 Å². The molecule has 0 spiro atoms. The standard InChI is InChI=1S/C67H129NO5/c1-3-5-7-9-11-13-15-17-19-20-29-33-37-41-45-49-53-57-61-67(72)73-62-58-54-50-46-42-38-34-30-27-25-23-21-22-24-26-28-32-36-40-44-48-52-56-60-66(71)68-64(63-69)65(70)59-55-51-47-43-39-35-31-18-16-14-12-10-8-6-4-2/h13,15,19-20,64-65,69-70H,3-12,14,16-18,21-63H2,1-2H3,(H,68,71)/b15-13-,20-19-. The summed E-state index contributed by atoms with van der Waals surface area (Å²) >= 11 is 0. The van der Waals surface area contributed by atoms with Crippen LogP contribution < -0.4 is 5.32 Å².